The molecule has 0 bridgehead atoms. The van der Waals surface area contributed by atoms with Crippen LogP contribution in [-0.4, -0.2) is 18.3 Å². The molecular formula is C18H15BrCl2N2O2. The molecule has 1 aliphatic rings. The fraction of sp³-hybridized carbons (Fsp3) is 0.222. The van der Waals surface area contributed by atoms with Crippen molar-refractivity contribution in [1.29, 1.82) is 0 Å². The van der Waals surface area contributed by atoms with Gasteiger partial charge in [0.15, 0.2) is 0 Å². The minimum Gasteiger partial charge on any atom is -0.461 e. The second kappa shape index (κ2) is 7.77. The SMILES string of the molecule is CCOC(=O)C1=NN(c2ccc(Cl)cc2Cl)C(c2ccc(Br)cc2)C1. The van der Waals surface area contributed by atoms with E-state index in [-0.39, 0.29) is 6.04 Å². The maximum atomic E-state index is 12.2. The van der Waals surface area contributed by atoms with E-state index in [0.29, 0.717) is 34.5 Å². The van der Waals surface area contributed by atoms with Crippen molar-refractivity contribution in [3.05, 3.63) is 62.5 Å². The highest BCUT2D eigenvalue weighted by molar-refractivity contribution is 9.10. The monoisotopic (exact) mass is 440 g/mol. The molecule has 0 amide bonds. The van der Waals surface area contributed by atoms with Crippen molar-refractivity contribution in [1.82, 2.24) is 0 Å². The van der Waals surface area contributed by atoms with Crippen LogP contribution < -0.4 is 5.01 Å². The smallest absolute Gasteiger partial charge is 0.354 e. The maximum absolute atomic E-state index is 12.2. The molecule has 0 fully saturated rings. The lowest BCUT2D eigenvalue weighted by atomic mass is 10.0. The number of ether oxygens (including phenoxy) is 1. The first kappa shape index (κ1) is 18.2. The number of hydrogen-bond acceptors (Lipinski definition) is 4. The highest BCUT2D eigenvalue weighted by Crippen LogP contribution is 2.39. The maximum Gasteiger partial charge on any atom is 0.354 e. The van der Waals surface area contributed by atoms with E-state index in [1.54, 1.807) is 30.1 Å². The van der Waals surface area contributed by atoms with Crippen LogP contribution in [0.1, 0.15) is 24.9 Å². The van der Waals surface area contributed by atoms with Gasteiger partial charge in [-0.25, -0.2) is 4.79 Å². The minimum atomic E-state index is -0.405. The summed E-state index contributed by atoms with van der Waals surface area (Å²) in [7, 11) is 0. The molecule has 2 aromatic carbocycles. The number of halogens is 3. The largest absolute Gasteiger partial charge is 0.461 e. The Morgan fingerprint density at radius 1 is 1.28 bits per heavy atom. The van der Waals surface area contributed by atoms with Crippen molar-refractivity contribution in [3.63, 3.8) is 0 Å². The summed E-state index contributed by atoms with van der Waals surface area (Å²) in [5.41, 5.74) is 2.09. The van der Waals surface area contributed by atoms with Gasteiger partial charge in [0.1, 0.15) is 5.71 Å². The first-order chi connectivity index (χ1) is 12.0. The zero-order valence-corrected chi connectivity index (χ0v) is 16.5. The molecule has 0 radical (unpaired) electrons. The third-order valence-electron chi connectivity index (χ3n) is 3.83. The number of benzene rings is 2. The average Bonchev–Trinajstić information content (AvgIpc) is 3.01. The van der Waals surface area contributed by atoms with Crippen LogP contribution in [0.25, 0.3) is 0 Å². The molecule has 0 spiro atoms. The molecular weight excluding hydrogens is 427 g/mol. The van der Waals surface area contributed by atoms with Crippen molar-refractivity contribution in [2.45, 2.75) is 19.4 Å². The van der Waals surface area contributed by atoms with Crippen LogP contribution in [0.5, 0.6) is 0 Å². The molecule has 0 N–H and O–H groups in total. The van der Waals surface area contributed by atoms with Gasteiger partial charge in [0.25, 0.3) is 0 Å². The van der Waals surface area contributed by atoms with Crippen LogP contribution in [0.3, 0.4) is 0 Å². The molecule has 25 heavy (non-hydrogen) atoms. The normalized spacial score (nSPS) is 16.7. The Morgan fingerprint density at radius 2 is 2.00 bits per heavy atom. The second-order valence-corrected chi connectivity index (χ2v) is 7.24. The van der Waals surface area contributed by atoms with Gasteiger partial charge in [-0.15, -0.1) is 0 Å². The Kier molecular flexibility index (Phi) is 5.67. The fourth-order valence-corrected chi connectivity index (χ4v) is 3.44. The Bertz CT molecular complexity index is 824. The zero-order chi connectivity index (χ0) is 18.0. The molecule has 1 unspecified atom stereocenters. The van der Waals surface area contributed by atoms with Crippen molar-refractivity contribution < 1.29 is 9.53 Å². The summed E-state index contributed by atoms with van der Waals surface area (Å²) in [5.74, 6) is -0.405. The molecule has 2 aromatic rings. The highest BCUT2D eigenvalue weighted by atomic mass is 79.9. The van der Waals surface area contributed by atoms with E-state index in [0.717, 1.165) is 10.0 Å². The third kappa shape index (κ3) is 4.00. The van der Waals surface area contributed by atoms with E-state index < -0.39 is 5.97 Å². The molecule has 4 nitrogen and oxygen atoms in total. The number of carbonyl (C=O) groups excluding carboxylic acids is 1. The van der Waals surface area contributed by atoms with Crippen molar-refractivity contribution in [3.8, 4) is 0 Å². The number of hydrazone groups is 1. The van der Waals surface area contributed by atoms with E-state index in [4.69, 9.17) is 27.9 Å². The summed E-state index contributed by atoms with van der Waals surface area (Å²) in [4.78, 5) is 12.2. The molecule has 130 valence electrons. The van der Waals surface area contributed by atoms with Gasteiger partial charge in [-0.05, 0) is 42.8 Å². The van der Waals surface area contributed by atoms with Gasteiger partial charge >= 0.3 is 5.97 Å². The van der Waals surface area contributed by atoms with E-state index in [9.17, 15) is 4.79 Å². The lowest BCUT2D eigenvalue weighted by Crippen LogP contribution is -2.19. The Hall–Kier alpha value is -1.56. The topological polar surface area (TPSA) is 41.9 Å². The van der Waals surface area contributed by atoms with Crippen molar-refractivity contribution in [2.24, 2.45) is 5.10 Å². The summed E-state index contributed by atoms with van der Waals surface area (Å²) in [5, 5.41) is 7.26. The Balaban J connectivity index is 2.01. The number of nitrogens with zero attached hydrogens (tertiary/aromatic N) is 2. The minimum absolute atomic E-state index is 0.147. The second-order valence-electron chi connectivity index (χ2n) is 5.48. The van der Waals surface area contributed by atoms with Gasteiger partial charge in [0.2, 0.25) is 0 Å². The number of carbonyl (C=O) groups is 1. The Morgan fingerprint density at radius 3 is 2.64 bits per heavy atom. The van der Waals surface area contributed by atoms with Crippen LogP contribution in [0, 0.1) is 0 Å². The van der Waals surface area contributed by atoms with Crippen LogP contribution in [0.4, 0.5) is 5.69 Å². The quantitative estimate of drug-likeness (QED) is 0.577. The predicted octanol–water partition coefficient (Wildman–Crippen LogP) is 5.63. The summed E-state index contributed by atoms with van der Waals surface area (Å²) in [6.45, 7) is 2.08. The van der Waals surface area contributed by atoms with Gasteiger partial charge in [-0.1, -0.05) is 51.3 Å². The van der Waals surface area contributed by atoms with Crippen LogP contribution >= 0.6 is 39.1 Å². The summed E-state index contributed by atoms with van der Waals surface area (Å²) >= 11 is 15.8. The van der Waals surface area contributed by atoms with Gasteiger partial charge in [0, 0.05) is 15.9 Å². The van der Waals surface area contributed by atoms with E-state index >= 15 is 0 Å². The fourth-order valence-electron chi connectivity index (χ4n) is 2.68. The number of hydrogen-bond donors (Lipinski definition) is 0. The molecule has 1 heterocycles. The molecule has 1 aliphatic heterocycles. The van der Waals surface area contributed by atoms with Crippen molar-refractivity contribution >= 4 is 56.5 Å². The van der Waals surface area contributed by atoms with Gasteiger partial charge in [-0.3, -0.25) is 5.01 Å². The molecule has 1 atom stereocenters. The molecule has 7 heteroatoms. The standard InChI is InChI=1S/C18H15BrCl2N2O2/c1-2-25-18(24)15-10-17(11-3-5-12(19)6-4-11)23(22-15)16-8-7-13(20)9-14(16)21/h3-9,17H,2,10H2,1H3. The zero-order valence-electron chi connectivity index (χ0n) is 13.4. The van der Waals surface area contributed by atoms with E-state index in [1.165, 1.54) is 0 Å². The number of anilines is 1. The number of esters is 1. The summed E-state index contributed by atoms with van der Waals surface area (Å²) < 4.78 is 6.09. The molecule has 3 rings (SSSR count). The predicted molar refractivity (Wildman–Crippen MR) is 105 cm³/mol. The first-order valence-corrected chi connectivity index (χ1v) is 9.29. The van der Waals surface area contributed by atoms with Crippen molar-refractivity contribution in [2.75, 3.05) is 11.6 Å². The molecule has 0 aromatic heterocycles. The highest BCUT2D eigenvalue weighted by Gasteiger charge is 2.34. The van der Waals surface area contributed by atoms with E-state index in [2.05, 4.69) is 21.0 Å². The molecule has 0 saturated heterocycles. The average molecular weight is 442 g/mol. The molecule has 0 saturated carbocycles. The lowest BCUT2D eigenvalue weighted by molar-refractivity contribution is -0.135. The first-order valence-electron chi connectivity index (χ1n) is 7.74. The van der Waals surface area contributed by atoms with Crippen LogP contribution in [-0.2, 0) is 9.53 Å². The summed E-state index contributed by atoms with van der Waals surface area (Å²) in [6.07, 6.45) is 0.444. The third-order valence-corrected chi connectivity index (χ3v) is 4.90. The summed E-state index contributed by atoms with van der Waals surface area (Å²) in [6, 6.07) is 13.0. The Labute approximate surface area is 164 Å². The number of rotatable bonds is 4. The van der Waals surface area contributed by atoms with Crippen LogP contribution in [0.15, 0.2) is 52.0 Å². The van der Waals surface area contributed by atoms with Gasteiger partial charge < -0.3 is 4.74 Å². The van der Waals surface area contributed by atoms with Gasteiger partial charge in [0.05, 0.1) is 23.4 Å². The van der Waals surface area contributed by atoms with Crippen LogP contribution in [0.2, 0.25) is 10.0 Å². The van der Waals surface area contributed by atoms with Gasteiger partial charge in [-0.2, -0.15) is 5.10 Å². The van der Waals surface area contributed by atoms with E-state index in [1.807, 2.05) is 24.3 Å². The molecule has 0 aliphatic carbocycles. The lowest BCUT2D eigenvalue weighted by Gasteiger charge is -2.25.